The van der Waals surface area contributed by atoms with Crippen molar-refractivity contribution < 1.29 is 18.3 Å². The Morgan fingerprint density at radius 1 is 0.879 bits per heavy atom. The van der Waals surface area contributed by atoms with Crippen LogP contribution in [0.4, 0.5) is 0 Å². The summed E-state index contributed by atoms with van der Waals surface area (Å²) in [7, 11) is -0.331. The van der Waals surface area contributed by atoms with Crippen molar-refractivity contribution in [2.75, 3.05) is 7.11 Å². The number of para-hydroxylation sites is 1. The molecule has 0 aliphatic heterocycles. The third kappa shape index (κ3) is 3.41. The molecule has 0 radical (unpaired) electrons. The summed E-state index contributed by atoms with van der Waals surface area (Å²) >= 11 is 0. The molecule has 5 rings (SSSR count). The summed E-state index contributed by atoms with van der Waals surface area (Å²) in [5, 5.41) is 13.0. The second kappa shape index (κ2) is 7.79. The molecule has 33 heavy (non-hydrogen) atoms. The number of aryl methyl sites for hydroxylation is 2. The summed E-state index contributed by atoms with van der Waals surface area (Å²) in [6.45, 7) is 1.91. The summed E-state index contributed by atoms with van der Waals surface area (Å²) < 4.78 is 35.6. The number of hydrogen-bond acceptors (Lipinski definition) is 4. The van der Waals surface area contributed by atoms with Crippen molar-refractivity contribution in [3.63, 3.8) is 0 Å². The highest BCUT2D eigenvalue weighted by atomic mass is 32.2. The lowest BCUT2D eigenvalue weighted by atomic mass is 10.0. The van der Waals surface area contributed by atoms with E-state index in [1.165, 1.54) is 10.2 Å². The fraction of sp³-hybridized carbons (Fsp3) is 0.154. The van der Waals surface area contributed by atoms with Gasteiger partial charge in [-0.2, -0.15) is 0 Å². The van der Waals surface area contributed by atoms with E-state index in [4.69, 9.17) is 4.74 Å². The molecule has 6 nitrogen and oxygen atoms in total. The Morgan fingerprint density at radius 3 is 2.30 bits per heavy atom. The van der Waals surface area contributed by atoms with Crippen LogP contribution >= 0.6 is 0 Å². The first-order valence-electron chi connectivity index (χ1n) is 10.5. The number of fused-ring (bicyclic) bond motifs is 2. The Balaban J connectivity index is 1.71. The highest BCUT2D eigenvalue weighted by Crippen LogP contribution is 2.37. The second-order valence-electron chi connectivity index (χ2n) is 8.20. The van der Waals surface area contributed by atoms with Crippen LogP contribution in [0, 0.1) is 6.92 Å². The van der Waals surface area contributed by atoms with Crippen LogP contribution < -0.4 is 4.74 Å². The van der Waals surface area contributed by atoms with E-state index < -0.39 is 16.1 Å². The van der Waals surface area contributed by atoms with Crippen LogP contribution in [0.2, 0.25) is 0 Å². The SMILES string of the molecule is COc1ccc2c(c1)c(C(O)c1cn(S(=O)(=O)c3ccc(C)cc3)c3ccccc13)cn2C. The largest absolute Gasteiger partial charge is 0.497 e. The van der Waals surface area contributed by atoms with E-state index in [0.29, 0.717) is 27.8 Å². The minimum atomic E-state index is -3.84. The van der Waals surface area contributed by atoms with Gasteiger partial charge in [0.2, 0.25) is 0 Å². The molecule has 0 fully saturated rings. The van der Waals surface area contributed by atoms with E-state index in [9.17, 15) is 13.5 Å². The van der Waals surface area contributed by atoms with Crippen molar-refractivity contribution in [1.29, 1.82) is 0 Å². The van der Waals surface area contributed by atoms with E-state index in [1.807, 2.05) is 55.1 Å². The summed E-state index contributed by atoms with van der Waals surface area (Å²) in [5.41, 5.74) is 3.65. The fourth-order valence-electron chi connectivity index (χ4n) is 4.33. The second-order valence-corrected chi connectivity index (χ2v) is 10.0. The molecule has 2 aromatic heterocycles. The fourth-order valence-corrected chi connectivity index (χ4v) is 5.71. The predicted octanol–water partition coefficient (Wildman–Crippen LogP) is 4.77. The third-order valence-corrected chi connectivity index (χ3v) is 7.79. The van der Waals surface area contributed by atoms with Gasteiger partial charge in [-0.15, -0.1) is 0 Å². The lowest BCUT2D eigenvalue weighted by molar-refractivity contribution is 0.223. The number of aliphatic hydroxyl groups excluding tert-OH is 1. The predicted molar refractivity (Wildman–Crippen MR) is 129 cm³/mol. The van der Waals surface area contributed by atoms with Gasteiger partial charge in [0.15, 0.2) is 0 Å². The number of ether oxygens (including phenoxy) is 1. The van der Waals surface area contributed by atoms with Crippen molar-refractivity contribution in [2.45, 2.75) is 17.9 Å². The summed E-state index contributed by atoms with van der Waals surface area (Å²) in [6, 6.07) is 19.7. The first-order valence-corrected chi connectivity index (χ1v) is 12.0. The van der Waals surface area contributed by atoms with Gasteiger partial charge in [0.05, 0.1) is 17.5 Å². The summed E-state index contributed by atoms with van der Waals surface area (Å²) in [4.78, 5) is 0.199. The van der Waals surface area contributed by atoms with Crippen LogP contribution in [-0.4, -0.2) is 29.2 Å². The van der Waals surface area contributed by atoms with Gasteiger partial charge in [-0.25, -0.2) is 12.4 Å². The number of aliphatic hydroxyl groups is 1. The van der Waals surface area contributed by atoms with Crippen LogP contribution in [-0.2, 0) is 17.1 Å². The molecule has 5 aromatic rings. The smallest absolute Gasteiger partial charge is 0.268 e. The van der Waals surface area contributed by atoms with Gasteiger partial charge in [0.25, 0.3) is 10.0 Å². The van der Waals surface area contributed by atoms with Crippen LogP contribution in [0.1, 0.15) is 22.8 Å². The van der Waals surface area contributed by atoms with E-state index in [-0.39, 0.29) is 4.90 Å². The molecule has 0 aliphatic rings. The van der Waals surface area contributed by atoms with E-state index >= 15 is 0 Å². The van der Waals surface area contributed by atoms with Gasteiger partial charge >= 0.3 is 0 Å². The number of hydrogen-bond donors (Lipinski definition) is 1. The first kappa shape index (κ1) is 21.3. The van der Waals surface area contributed by atoms with E-state index in [0.717, 1.165) is 16.5 Å². The number of nitrogens with zero attached hydrogens (tertiary/aromatic N) is 2. The minimum Gasteiger partial charge on any atom is -0.497 e. The molecule has 0 bridgehead atoms. The minimum absolute atomic E-state index is 0.199. The standard InChI is InChI=1S/C26H24N2O4S/c1-17-8-11-19(12-9-17)33(30,31)28-16-23(20-6-4-5-7-25(20)28)26(29)22-15-27(2)24-13-10-18(32-3)14-21(22)24/h4-16,26,29H,1-3H3. The molecule has 0 spiro atoms. The number of methoxy groups -OCH3 is 1. The maximum atomic E-state index is 13.5. The quantitative estimate of drug-likeness (QED) is 0.410. The van der Waals surface area contributed by atoms with Gasteiger partial charge in [-0.05, 0) is 43.3 Å². The summed E-state index contributed by atoms with van der Waals surface area (Å²) in [5.74, 6) is 0.687. The van der Waals surface area contributed by atoms with Crippen LogP contribution in [0.25, 0.3) is 21.8 Å². The lowest BCUT2D eigenvalue weighted by Crippen LogP contribution is -2.12. The van der Waals surface area contributed by atoms with Gasteiger partial charge in [-0.3, -0.25) is 0 Å². The Bertz CT molecular complexity index is 1600. The molecule has 0 amide bonds. The molecule has 168 valence electrons. The van der Waals surface area contributed by atoms with Crippen molar-refractivity contribution in [2.24, 2.45) is 7.05 Å². The van der Waals surface area contributed by atoms with Crippen LogP contribution in [0.3, 0.4) is 0 Å². The topological polar surface area (TPSA) is 73.5 Å². The van der Waals surface area contributed by atoms with Crippen molar-refractivity contribution in [1.82, 2.24) is 8.54 Å². The zero-order valence-electron chi connectivity index (χ0n) is 18.6. The monoisotopic (exact) mass is 460 g/mol. The number of benzene rings is 3. The Hall–Kier alpha value is -3.55. The van der Waals surface area contributed by atoms with Crippen molar-refractivity contribution >= 4 is 31.8 Å². The van der Waals surface area contributed by atoms with E-state index in [2.05, 4.69) is 0 Å². The maximum absolute atomic E-state index is 13.5. The molecule has 0 aliphatic carbocycles. The van der Waals surface area contributed by atoms with Gasteiger partial charge in [-0.1, -0.05) is 35.9 Å². The molecule has 3 aromatic carbocycles. The Kier molecular flexibility index (Phi) is 5.03. The molecule has 0 saturated heterocycles. The molecule has 7 heteroatoms. The molecular weight excluding hydrogens is 436 g/mol. The molecule has 1 N–H and O–H groups in total. The first-order chi connectivity index (χ1) is 15.8. The van der Waals surface area contributed by atoms with Crippen LogP contribution in [0.5, 0.6) is 5.75 Å². The summed E-state index contributed by atoms with van der Waals surface area (Å²) in [6.07, 6.45) is 2.37. The molecule has 0 saturated carbocycles. The molecule has 2 heterocycles. The number of rotatable bonds is 5. The van der Waals surface area contributed by atoms with Crippen LogP contribution in [0.15, 0.2) is 84.0 Å². The average Bonchev–Trinajstić information content (AvgIpc) is 3.37. The zero-order valence-corrected chi connectivity index (χ0v) is 19.4. The highest BCUT2D eigenvalue weighted by Gasteiger charge is 2.26. The van der Waals surface area contributed by atoms with Crippen molar-refractivity contribution in [3.05, 3.63) is 95.8 Å². The van der Waals surface area contributed by atoms with E-state index in [1.54, 1.807) is 43.5 Å². The normalized spacial score (nSPS) is 13.0. The number of aromatic nitrogens is 2. The Labute approximate surface area is 192 Å². The molecule has 1 unspecified atom stereocenters. The van der Waals surface area contributed by atoms with Crippen molar-refractivity contribution in [3.8, 4) is 5.75 Å². The van der Waals surface area contributed by atoms with Gasteiger partial charge in [0.1, 0.15) is 11.9 Å². The van der Waals surface area contributed by atoms with Gasteiger partial charge in [0, 0.05) is 46.9 Å². The zero-order chi connectivity index (χ0) is 23.3. The molecule has 1 atom stereocenters. The lowest BCUT2D eigenvalue weighted by Gasteiger charge is -2.10. The Morgan fingerprint density at radius 2 is 1.58 bits per heavy atom. The third-order valence-electron chi connectivity index (χ3n) is 6.10. The average molecular weight is 461 g/mol. The van der Waals surface area contributed by atoms with Gasteiger partial charge < -0.3 is 14.4 Å². The highest BCUT2D eigenvalue weighted by molar-refractivity contribution is 7.90. The molecular formula is C26H24N2O4S. The maximum Gasteiger partial charge on any atom is 0.268 e.